The van der Waals surface area contributed by atoms with Crippen LogP contribution in [-0.4, -0.2) is 11.7 Å². The lowest BCUT2D eigenvalue weighted by atomic mass is 10.1. The molecular weight excluding hydrogens is 283 g/mol. The molecule has 0 aliphatic rings. The molecule has 1 rings (SSSR count). The number of nitrogens with one attached hydrogen (secondary N) is 2. The van der Waals surface area contributed by atoms with Crippen LogP contribution in [0.15, 0.2) is 24.3 Å². The van der Waals surface area contributed by atoms with Crippen molar-refractivity contribution in [2.24, 2.45) is 0 Å². The lowest BCUT2D eigenvalue weighted by molar-refractivity contribution is 0.584. The average molecular weight is 310 g/mol. The molecule has 21 heavy (non-hydrogen) atoms. The fourth-order valence-electron chi connectivity index (χ4n) is 2.13. The number of benzene rings is 1. The van der Waals surface area contributed by atoms with Gasteiger partial charge in [-0.25, -0.2) is 4.39 Å². The first-order chi connectivity index (χ1) is 10.2. The molecule has 0 heterocycles. The highest BCUT2D eigenvalue weighted by atomic mass is 32.1. The molecule has 2 nitrogen and oxygen atoms in total. The summed E-state index contributed by atoms with van der Waals surface area (Å²) in [5.41, 5.74) is 1.02. The van der Waals surface area contributed by atoms with E-state index in [4.69, 9.17) is 12.2 Å². The Morgan fingerprint density at radius 3 is 2.24 bits per heavy atom. The summed E-state index contributed by atoms with van der Waals surface area (Å²) in [6, 6.07) is 6.46. The second-order valence-corrected chi connectivity index (χ2v) is 5.77. The summed E-state index contributed by atoms with van der Waals surface area (Å²) in [5.74, 6) is -0.210. The van der Waals surface area contributed by atoms with E-state index in [2.05, 4.69) is 17.6 Å². The molecule has 0 unspecified atom stereocenters. The van der Waals surface area contributed by atoms with Gasteiger partial charge in [-0.2, -0.15) is 0 Å². The number of halogens is 1. The lowest BCUT2D eigenvalue weighted by Gasteiger charge is -2.10. The summed E-state index contributed by atoms with van der Waals surface area (Å²) in [6.45, 7) is 3.79. The van der Waals surface area contributed by atoms with E-state index in [9.17, 15) is 4.39 Å². The van der Waals surface area contributed by atoms with E-state index in [1.54, 1.807) is 12.1 Å². The lowest BCUT2D eigenvalue weighted by Crippen LogP contribution is -2.35. The van der Waals surface area contributed by atoms with Gasteiger partial charge in [-0.05, 0) is 36.3 Å². The second kappa shape index (κ2) is 11.5. The highest BCUT2D eigenvalue weighted by Crippen LogP contribution is 2.06. The molecule has 0 amide bonds. The maximum atomic E-state index is 12.8. The molecule has 0 saturated carbocycles. The standard InChI is InChI=1S/C17H27FN2S/c1-2-3-4-5-6-7-8-13-19-17(21)20-14-15-9-11-16(18)12-10-15/h9-12H,2-8,13-14H2,1H3,(H2,19,20,21). The van der Waals surface area contributed by atoms with Crippen LogP contribution in [0.25, 0.3) is 0 Å². The van der Waals surface area contributed by atoms with Crippen molar-refractivity contribution >= 4 is 17.3 Å². The van der Waals surface area contributed by atoms with Crippen LogP contribution in [0.1, 0.15) is 57.4 Å². The summed E-state index contributed by atoms with van der Waals surface area (Å²) in [6.07, 6.45) is 9.10. The minimum atomic E-state index is -0.210. The fourth-order valence-corrected chi connectivity index (χ4v) is 2.31. The van der Waals surface area contributed by atoms with Crippen molar-refractivity contribution in [1.29, 1.82) is 0 Å². The highest BCUT2D eigenvalue weighted by molar-refractivity contribution is 7.80. The number of hydrogen-bond acceptors (Lipinski definition) is 1. The van der Waals surface area contributed by atoms with E-state index >= 15 is 0 Å². The van der Waals surface area contributed by atoms with Gasteiger partial charge in [0.1, 0.15) is 5.82 Å². The Bertz CT molecular complexity index is 392. The molecular formula is C17H27FN2S. The molecule has 0 aliphatic carbocycles. The molecule has 4 heteroatoms. The first-order valence-corrected chi connectivity index (χ1v) is 8.39. The Labute approximate surface area is 133 Å². The average Bonchev–Trinajstić information content (AvgIpc) is 2.49. The Morgan fingerprint density at radius 1 is 0.952 bits per heavy atom. The molecule has 1 aromatic carbocycles. The third-order valence-corrected chi connectivity index (χ3v) is 3.72. The van der Waals surface area contributed by atoms with Gasteiger partial charge < -0.3 is 10.6 Å². The molecule has 0 aliphatic heterocycles. The summed E-state index contributed by atoms with van der Waals surface area (Å²) >= 11 is 5.22. The van der Waals surface area contributed by atoms with Crippen molar-refractivity contribution in [3.63, 3.8) is 0 Å². The maximum absolute atomic E-state index is 12.8. The number of rotatable bonds is 10. The van der Waals surface area contributed by atoms with Gasteiger partial charge in [-0.1, -0.05) is 57.6 Å². The number of unbranched alkanes of at least 4 members (excludes halogenated alkanes) is 6. The van der Waals surface area contributed by atoms with E-state index in [0.717, 1.165) is 18.5 Å². The molecule has 0 aromatic heterocycles. The summed E-state index contributed by atoms with van der Waals surface area (Å²) < 4.78 is 12.8. The van der Waals surface area contributed by atoms with Crippen LogP contribution in [0.3, 0.4) is 0 Å². The zero-order valence-electron chi connectivity index (χ0n) is 13.0. The van der Waals surface area contributed by atoms with Gasteiger partial charge in [0.05, 0.1) is 0 Å². The largest absolute Gasteiger partial charge is 0.363 e. The molecule has 0 saturated heterocycles. The maximum Gasteiger partial charge on any atom is 0.166 e. The Hall–Kier alpha value is -1.16. The van der Waals surface area contributed by atoms with Crippen LogP contribution in [0.5, 0.6) is 0 Å². The van der Waals surface area contributed by atoms with Gasteiger partial charge >= 0.3 is 0 Å². The molecule has 0 bridgehead atoms. The van der Waals surface area contributed by atoms with E-state index in [1.165, 1.54) is 50.7 Å². The van der Waals surface area contributed by atoms with Gasteiger partial charge in [-0.15, -0.1) is 0 Å². The molecule has 0 fully saturated rings. The first-order valence-electron chi connectivity index (χ1n) is 7.98. The zero-order valence-corrected chi connectivity index (χ0v) is 13.8. The van der Waals surface area contributed by atoms with Gasteiger partial charge in [0.2, 0.25) is 0 Å². The predicted molar refractivity (Wildman–Crippen MR) is 91.8 cm³/mol. The predicted octanol–water partition coefficient (Wildman–Crippen LogP) is 4.54. The summed E-state index contributed by atoms with van der Waals surface area (Å²) in [5, 5.41) is 7.02. The van der Waals surface area contributed by atoms with E-state index in [0.29, 0.717) is 11.7 Å². The Morgan fingerprint density at radius 2 is 1.57 bits per heavy atom. The quantitative estimate of drug-likeness (QED) is 0.490. The topological polar surface area (TPSA) is 24.1 Å². The van der Waals surface area contributed by atoms with E-state index < -0.39 is 0 Å². The van der Waals surface area contributed by atoms with Crippen LogP contribution < -0.4 is 10.6 Å². The van der Waals surface area contributed by atoms with Gasteiger partial charge in [0, 0.05) is 13.1 Å². The van der Waals surface area contributed by atoms with Crippen molar-refractivity contribution in [3.8, 4) is 0 Å². The number of thiocarbonyl (C=S) groups is 1. The van der Waals surface area contributed by atoms with Crippen LogP contribution in [0.4, 0.5) is 4.39 Å². The molecule has 1 aromatic rings. The molecule has 2 N–H and O–H groups in total. The van der Waals surface area contributed by atoms with Gasteiger partial charge in [-0.3, -0.25) is 0 Å². The fraction of sp³-hybridized carbons (Fsp3) is 0.588. The van der Waals surface area contributed by atoms with Crippen molar-refractivity contribution in [1.82, 2.24) is 10.6 Å². The summed E-state index contributed by atoms with van der Waals surface area (Å²) in [4.78, 5) is 0. The molecule has 0 atom stereocenters. The van der Waals surface area contributed by atoms with E-state index in [1.807, 2.05) is 0 Å². The zero-order chi connectivity index (χ0) is 15.3. The van der Waals surface area contributed by atoms with Crippen molar-refractivity contribution < 1.29 is 4.39 Å². The smallest absolute Gasteiger partial charge is 0.166 e. The molecule has 0 spiro atoms. The Kier molecular flexibility index (Phi) is 9.79. The third-order valence-electron chi connectivity index (χ3n) is 3.43. The highest BCUT2D eigenvalue weighted by Gasteiger charge is 1.97. The van der Waals surface area contributed by atoms with Crippen molar-refractivity contribution in [2.75, 3.05) is 6.54 Å². The first kappa shape index (κ1) is 17.9. The minimum Gasteiger partial charge on any atom is -0.363 e. The number of hydrogen-bond donors (Lipinski definition) is 2. The van der Waals surface area contributed by atoms with Crippen LogP contribution >= 0.6 is 12.2 Å². The normalized spacial score (nSPS) is 10.4. The van der Waals surface area contributed by atoms with Crippen LogP contribution in [0.2, 0.25) is 0 Å². The minimum absolute atomic E-state index is 0.210. The molecule has 0 radical (unpaired) electrons. The van der Waals surface area contributed by atoms with Crippen molar-refractivity contribution in [3.05, 3.63) is 35.6 Å². The van der Waals surface area contributed by atoms with Gasteiger partial charge in [0.15, 0.2) is 5.11 Å². The van der Waals surface area contributed by atoms with E-state index in [-0.39, 0.29) is 5.82 Å². The third kappa shape index (κ3) is 9.40. The SMILES string of the molecule is CCCCCCCCCNC(=S)NCc1ccc(F)cc1. The monoisotopic (exact) mass is 310 g/mol. The van der Waals surface area contributed by atoms with Crippen molar-refractivity contribution in [2.45, 2.75) is 58.4 Å². The second-order valence-electron chi connectivity index (χ2n) is 5.36. The Balaban J connectivity index is 1.97. The summed E-state index contributed by atoms with van der Waals surface area (Å²) in [7, 11) is 0. The van der Waals surface area contributed by atoms with Crippen LogP contribution in [0, 0.1) is 5.82 Å². The van der Waals surface area contributed by atoms with Gasteiger partial charge in [0.25, 0.3) is 0 Å². The molecule has 118 valence electrons. The van der Waals surface area contributed by atoms with Crippen LogP contribution in [-0.2, 0) is 6.54 Å².